The minimum absolute atomic E-state index is 0.339. The molecule has 1 rings (SSSR count). The van der Waals surface area contributed by atoms with Crippen LogP contribution in [0.3, 0.4) is 0 Å². The molecule has 168 valence electrons. The normalized spacial score (nSPS) is 13.0. The summed E-state index contributed by atoms with van der Waals surface area (Å²) in [6.07, 6.45) is 18.5. The van der Waals surface area contributed by atoms with E-state index in [4.69, 9.17) is 9.05 Å². The fourth-order valence-electron chi connectivity index (χ4n) is 3.63. The summed E-state index contributed by atoms with van der Waals surface area (Å²) in [5, 5.41) is 0. The van der Waals surface area contributed by atoms with E-state index in [-0.39, 0.29) is 0 Å². The van der Waals surface area contributed by atoms with Gasteiger partial charge in [0.05, 0.1) is 0 Å². The van der Waals surface area contributed by atoms with E-state index in [0.717, 1.165) is 12.8 Å². The van der Waals surface area contributed by atoms with Crippen molar-refractivity contribution >= 4 is 7.60 Å². The van der Waals surface area contributed by atoms with Crippen LogP contribution in [0, 0.1) is 0 Å². The quantitative estimate of drug-likeness (QED) is 0.173. The summed E-state index contributed by atoms with van der Waals surface area (Å²) in [7, 11) is -1.31. The van der Waals surface area contributed by atoms with Crippen LogP contribution in [0.15, 0.2) is 24.3 Å². The highest BCUT2D eigenvalue weighted by Gasteiger charge is 2.35. The largest absolute Gasteiger partial charge is 0.368 e. The minimum Gasteiger partial charge on any atom is -0.310 e. The predicted octanol–water partition coefficient (Wildman–Crippen LogP) is 8.77. The first-order chi connectivity index (χ1) is 14.1. The van der Waals surface area contributed by atoms with E-state index in [0.29, 0.717) is 5.56 Å². The van der Waals surface area contributed by atoms with Crippen LogP contribution in [0.4, 0.5) is 4.39 Å². The molecule has 1 aromatic rings. The van der Waals surface area contributed by atoms with Crippen molar-refractivity contribution in [1.82, 2.24) is 0 Å². The zero-order valence-corrected chi connectivity index (χ0v) is 19.7. The van der Waals surface area contributed by atoms with Crippen molar-refractivity contribution in [2.24, 2.45) is 0 Å². The van der Waals surface area contributed by atoms with E-state index < -0.39 is 13.5 Å². The molecule has 0 aliphatic heterocycles. The molecule has 1 aromatic carbocycles. The second-order valence-corrected chi connectivity index (χ2v) is 10.2. The van der Waals surface area contributed by atoms with E-state index in [1.807, 2.05) is 12.1 Å². The Hall–Kier alpha value is -0.700. The van der Waals surface area contributed by atoms with Gasteiger partial charge in [0.1, 0.15) is 0 Å². The van der Waals surface area contributed by atoms with E-state index in [2.05, 4.69) is 6.92 Å². The number of rotatable bonds is 18. The molecule has 0 N–H and O–H groups in total. The van der Waals surface area contributed by atoms with Gasteiger partial charge in [-0.15, -0.1) is 0 Å². The van der Waals surface area contributed by atoms with E-state index >= 15 is 0 Å². The Morgan fingerprint density at radius 1 is 0.759 bits per heavy atom. The van der Waals surface area contributed by atoms with Gasteiger partial charge >= 0.3 is 7.60 Å². The van der Waals surface area contributed by atoms with E-state index in [9.17, 15) is 8.96 Å². The fraction of sp³-hybridized carbons (Fsp3) is 0.750. The van der Waals surface area contributed by atoms with Crippen LogP contribution in [0.25, 0.3) is 0 Å². The van der Waals surface area contributed by atoms with Crippen molar-refractivity contribution < 1.29 is 18.0 Å². The lowest BCUT2D eigenvalue weighted by Gasteiger charge is -2.18. The van der Waals surface area contributed by atoms with Crippen LogP contribution in [-0.2, 0) is 20.0 Å². The Bertz CT molecular complexity index is 554. The predicted molar refractivity (Wildman–Crippen MR) is 121 cm³/mol. The van der Waals surface area contributed by atoms with Gasteiger partial charge in [-0.2, -0.15) is 0 Å². The molecule has 0 fully saturated rings. The van der Waals surface area contributed by atoms with Crippen LogP contribution >= 0.6 is 7.60 Å². The number of alkyl halides is 1. The molecular weight excluding hydrogens is 386 g/mol. The number of aryl methyl sites for hydroxylation is 1. The second kappa shape index (κ2) is 16.1. The van der Waals surface area contributed by atoms with Gasteiger partial charge < -0.3 is 9.05 Å². The molecule has 0 bridgehead atoms. The van der Waals surface area contributed by atoms with Crippen LogP contribution in [0.5, 0.6) is 0 Å². The van der Waals surface area contributed by atoms with Crippen molar-refractivity contribution in [3.63, 3.8) is 0 Å². The third-order valence-corrected chi connectivity index (χ3v) is 7.48. The molecule has 0 aromatic heterocycles. The third-order valence-electron chi connectivity index (χ3n) is 5.61. The molecule has 0 saturated carbocycles. The first kappa shape index (κ1) is 26.3. The van der Waals surface area contributed by atoms with Crippen LogP contribution < -0.4 is 0 Å². The van der Waals surface area contributed by atoms with Gasteiger partial charge in [-0.25, -0.2) is 4.39 Å². The first-order valence-electron chi connectivity index (χ1n) is 11.5. The van der Waals surface area contributed by atoms with Gasteiger partial charge in [-0.3, -0.25) is 4.57 Å². The Labute approximate surface area is 178 Å². The van der Waals surface area contributed by atoms with Gasteiger partial charge in [0.15, 0.2) is 0 Å². The van der Waals surface area contributed by atoms with Crippen molar-refractivity contribution in [2.45, 2.75) is 103 Å². The average Bonchev–Trinajstić information content (AvgIpc) is 2.76. The molecule has 3 nitrogen and oxygen atoms in total. The fourth-order valence-corrected chi connectivity index (χ4v) is 4.69. The Morgan fingerprint density at radius 3 is 1.59 bits per heavy atom. The molecule has 0 aliphatic carbocycles. The zero-order valence-electron chi connectivity index (χ0n) is 18.8. The third kappa shape index (κ3) is 10.8. The first-order valence-corrected chi connectivity index (χ1v) is 13.1. The molecule has 0 radical (unpaired) electrons. The Morgan fingerprint density at radius 2 is 1.17 bits per heavy atom. The van der Waals surface area contributed by atoms with Gasteiger partial charge in [-0.1, -0.05) is 108 Å². The maximum Gasteiger partial charge on any atom is 0.368 e. The Balaban J connectivity index is 2.09. The summed E-state index contributed by atoms with van der Waals surface area (Å²) < 4.78 is 36.0. The zero-order chi connectivity index (χ0) is 21.4. The summed E-state index contributed by atoms with van der Waals surface area (Å²) in [4.78, 5) is 0. The number of unbranched alkanes of at least 4 members (excludes halogenated alkanes) is 12. The summed E-state index contributed by atoms with van der Waals surface area (Å²) in [5.74, 6) is -1.75. The summed E-state index contributed by atoms with van der Waals surface area (Å²) in [5.41, 5.74) is 1.53. The molecule has 0 spiro atoms. The number of benzene rings is 1. The highest BCUT2D eigenvalue weighted by Crippen LogP contribution is 2.60. The molecule has 0 amide bonds. The van der Waals surface area contributed by atoms with Gasteiger partial charge in [0.2, 0.25) is 5.91 Å². The average molecular weight is 429 g/mol. The molecule has 1 atom stereocenters. The van der Waals surface area contributed by atoms with E-state index in [1.54, 1.807) is 12.1 Å². The number of halogens is 1. The maximum atomic E-state index is 14.4. The minimum atomic E-state index is -3.73. The summed E-state index contributed by atoms with van der Waals surface area (Å²) >= 11 is 0. The number of hydrogen-bond acceptors (Lipinski definition) is 3. The van der Waals surface area contributed by atoms with Crippen LogP contribution in [-0.4, -0.2) is 14.2 Å². The number of hydrogen-bond donors (Lipinski definition) is 0. The van der Waals surface area contributed by atoms with Crippen molar-refractivity contribution in [2.75, 3.05) is 14.2 Å². The smallest absolute Gasteiger partial charge is 0.310 e. The van der Waals surface area contributed by atoms with Gasteiger partial charge in [0, 0.05) is 14.2 Å². The topological polar surface area (TPSA) is 35.5 Å². The Kier molecular flexibility index (Phi) is 14.6. The van der Waals surface area contributed by atoms with Gasteiger partial charge in [-0.05, 0) is 24.0 Å². The molecule has 0 aliphatic rings. The van der Waals surface area contributed by atoms with Crippen LogP contribution in [0.2, 0.25) is 0 Å². The standard InChI is InChI=1S/C24H42FO3P/c1-4-5-6-7-8-9-10-11-12-13-14-15-16-17-22-18-20-23(21-19-22)24(25)29(26,27-2)28-3/h18-21,24H,4-17H2,1-3H3. The highest BCUT2D eigenvalue weighted by molar-refractivity contribution is 7.54. The summed E-state index contributed by atoms with van der Waals surface area (Å²) in [6, 6.07) is 7.20. The van der Waals surface area contributed by atoms with Gasteiger partial charge in [0.25, 0.3) is 0 Å². The lowest BCUT2D eigenvalue weighted by molar-refractivity contribution is 0.235. The van der Waals surface area contributed by atoms with E-state index in [1.165, 1.54) is 96.8 Å². The lowest BCUT2D eigenvalue weighted by atomic mass is 10.0. The summed E-state index contributed by atoms with van der Waals surface area (Å²) in [6.45, 7) is 2.27. The maximum absolute atomic E-state index is 14.4. The SMILES string of the molecule is CCCCCCCCCCCCCCCc1ccc(C(F)P(=O)(OC)OC)cc1. The molecule has 0 saturated heterocycles. The molecule has 1 unspecified atom stereocenters. The molecule has 0 heterocycles. The monoisotopic (exact) mass is 428 g/mol. The van der Waals surface area contributed by atoms with Crippen molar-refractivity contribution in [3.8, 4) is 0 Å². The highest BCUT2D eigenvalue weighted by atomic mass is 31.2. The van der Waals surface area contributed by atoms with Crippen molar-refractivity contribution in [1.29, 1.82) is 0 Å². The molecular formula is C24H42FO3P. The lowest BCUT2D eigenvalue weighted by Crippen LogP contribution is -1.99. The van der Waals surface area contributed by atoms with Crippen LogP contribution in [0.1, 0.15) is 107 Å². The molecule has 29 heavy (non-hydrogen) atoms. The second-order valence-electron chi connectivity index (χ2n) is 7.98. The molecule has 5 heteroatoms. The van der Waals surface area contributed by atoms with Crippen molar-refractivity contribution in [3.05, 3.63) is 35.4 Å².